The third-order valence-electron chi connectivity index (χ3n) is 4.16. The number of nitrogens with one attached hydrogen (secondary N) is 2. The predicted molar refractivity (Wildman–Crippen MR) is 74.1 cm³/mol. The van der Waals surface area contributed by atoms with Crippen LogP contribution in [0.4, 0.5) is 5.88 Å². The lowest BCUT2D eigenvalue weighted by Gasteiger charge is -2.35. The smallest absolute Gasteiger partial charge is 0.234 e. The molecule has 2 heterocycles. The van der Waals surface area contributed by atoms with Gasteiger partial charge in [0.1, 0.15) is 0 Å². The van der Waals surface area contributed by atoms with Crippen molar-refractivity contribution in [1.82, 2.24) is 10.5 Å². The summed E-state index contributed by atoms with van der Waals surface area (Å²) in [7, 11) is 0. The highest BCUT2D eigenvalue weighted by Crippen LogP contribution is 2.35. The van der Waals surface area contributed by atoms with Gasteiger partial charge in [-0.25, -0.2) is 0 Å². The van der Waals surface area contributed by atoms with Crippen molar-refractivity contribution in [2.24, 2.45) is 5.41 Å². The van der Waals surface area contributed by atoms with Gasteiger partial charge in [0.05, 0.1) is 11.1 Å². The van der Waals surface area contributed by atoms with Crippen LogP contribution in [0, 0.1) is 19.3 Å². The SMILES string of the molecule is CCCC1(C(=O)Nc2onc(C)c2C)CCNCC1. The Bertz CT molecular complexity index is 442. The maximum atomic E-state index is 12.6. The topological polar surface area (TPSA) is 67.2 Å². The third-order valence-corrected chi connectivity index (χ3v) is 4.16. The van der Waals surface area contributed by atoms with Crippen molar-refractivity contribution < 1.29 is 9.32 Å². The fraction of sp³-hybridized carbons (Fsp3) is 0.714. The molecular formula is C14H23N3O2. The molecule has 0 bridgehead atoms. The number of rotatable bonds is 4. The van der Waals surface area contributed by atoms with Crippen LogP contribution in [0.3, 0.4) is 0 Å². The van der Waals surface area contributed by atoms with Crippen LogP contribution in [-0.2, 0) is 4.79 Å². The first-order chi connectivity index (χ1) is 9.09. The molecule has 1 aliphatic heterocycles. The number of hydrogen-bond donors (Lipinski definition) is 2. The summed E-state index contributed by atoms with van der Waals surface area (Å²) in [6, 6.07) is 0. The first-order valence-corrected chi connectivity index (χ1v) is 7.04. The Morgan fingerprint density at radius 1 is 1.42 bits per heavy atom. The quantitative estimate of drug-likeness (QED) is 0.877. The second-order valence-corrected chi connectivity index (χ2v) is 5.46. The summed E-state index contributed by atoms with van der Waals surface area (Å²) >= 11 is 0. The molecule has 2 N–H and O–H groups in total. The Morgan fingerprint density at radius 2 is 2.11 bits per heavy atom. The molecule has 19 heavy (non-hydrogen) atoms. The standard InChI is InChI=1S/C14H23N3O2/c1-4-5-14(6-8-15-9-7-14)13(18)16-12-10(2)11(3)17-19-12/h15H,4-9H2,1-3H3,(H,16,18). The fourth-order valence-corrected chi connectivity index (χ4v) is 2.74. The van der Waals surface area contributed by atoms with Gasteiger partial charge in [-0.1, -0.05) is 18.5 Å². The van der Waals surface area contributed by atoms with Gasteiger partial charge in [0.15, 0.2) is 0 Å². The zero-order valence-electron chi connectivity index (χ0n) is 12.0. The number of carbonyl (C=O) groups excluding carboxylic acids is 1. The highest BCUT2D eigenvalue weighted by Gasteiger charge is 2.39. The Morgan fingerprint density at radius 3 is 2.63 bits per heavy atom. The van der Waals surface area contributed by atoms with E-state index in [4.69, 9.17) is 4.52 Å². The number of piperidine rings is 1. The van der Waals surface area contributed by atoms with Gasteiger partial charge in [-0.3, -0.25) is 10.1 Å². The van der Waals surface area contributed by atoms with Crippen LogP contribution in [0.5, 0.6) is 0 Å². The van der Waals surface area contributed by atoms with Crippen LogP contribution in [0.25, 0.3) is 0 Å². The van der Waals surface area contributed by atoms with Gasteiger partial charge in [0.2, 0.25) is 11.8 Å². The zero-order valence-corrected chi connectivity index (χ0v) is 12.0. The van der Waals surface area contributed by atoms with E-state index in [1.54, 1.807) is 0 Å². The molecule has 106 valence electrons. The number of nitrogens with zero attached hydrogens (tertiary/aromatic N) is 1. The van der Waals surface area contributed by atoms with Crippen molar-refractivity contribution in [3.05, 3.63) is 11.3 Å². The largest absolute Gasteiger partial charge is 0.338 e. The van der Waals surface area contributed by atoms with E-state index in [1.807, 2.05) is 13.8 Å². The first-order valence-electron chi connectivity index (χ1n) is 7.04. The van der Waals surface area contributed by atoms with Crippen LogP contribution in [0.1, 0.15) is 43.9 Å². The highest BCUT2D eigenvalue weighted by molar-refractivity contribution is 5.94. The Labute approximate surface area is 114 Å². The number of hydrogen-bond acceptors (Lipinski definition) is 4. The maximum Gasteiger partial charge on any atom is 0.234 e. The van der Waals surface area contributed by atoms with Crippen molar-refractivity contribution in [3.8, 4) is 0 Å². The van der Waals surface area contributed by atoms with Crippen molar-refractivity contribution in [1.29, 1.82) is 0 Å². The molecular weight excluding hydrogens is 242 g/mol. The predicted octanol–water partition coefficient (Wildman–Crippen LogP) is 2.40. The maximum absolute atomic E-state index is 12.6. The van der Waals surface area contributed by atoms with Gasteiger partial charge >= 0.3 is 0 Å². The van der Waals surface area contributed by atoms with Gasteiger partial charge in [-0.2, -0.15) is 0 Å². The molecule has 5 nitrogen and oxygen atoms in total. The van der Waals surface area contributed by atoms with Crippen LogP contribution in [-0.4, -0.2) is 24.2 Å². The molecule has 0 saturated carbocycles. The summed E-state index contributed by atoms with van der Waals surface area (Å²) in [6.07, 6.45) is 3.71. The second-order valence-electron chi connectivity index (χ2n) is 5.46. The minimum atomic E-state index is -0.257. The van der Waals surface area contributed by atoms with E-state index in [1.165, 1.54) is 0 Å². The van der Waals surface area contributed by atoms with E-state index in [0.29, 0.717) is 5.88 Å². The van der Waals surface area contributed by atoms with E-state index >= 15 is 0 Å². The summed E-state index contributed by atoms with van der Waals surface area (Å²) in [4.78, 5) is 12.6. The number of aromatic nitrogens is 1. The number of carbonyl (C=O) groups is 1. The molecule has 0 aromatic carbocycles. The molecule has 1 amide bonds. The molecule has 5 heteroatoms. The monoisotopic (exact) mass is 265 g/mol. The lowest BCUT2D eigenvalue weighted by Crippen LogP contribution is -2.44. The van der Waals surface area contributed by atoms with Crippen molar-refractivity contribution in [2.45, 2.75) is 46.5 Å². The molecule has 1 aromatic rings. The first kappa shape index (κ1) is 14.1. The van der Waals surface area contributed by atoms with Crippen molar-refractivity contribution in [2.75, 3.05) is 18.4 Å². The lowest BCUT2D eigenvalue weighted by molar-refractivity contribution is -0.127. The number of amides is 1. The number of anilines is 1. The minimum Gasteiger partial charge on any atom is -0.338 e. The van der Waals surface area contributed by atoms with Gasteiger partial charge in [0, 0.05) is 5.56 Å². The highest BCUT2D eigenvalue weighted by atomic mass is 16.5. The average molecular weight is 265 g/mol. The summed E-state index contributed by atoms with van der Waals surface area (Å²) in [5.41, 5.74) is 1.48. The Kier molecular flexibility index (Phi) is 4.24. The second kappa shape index (κ2) is 5.74. The van der Waals surface area contributed by atoms with Gasteiger partial charge in [-0.05, 0) is 46.2 Å². The fourth-order valence-electron chi connectivity index (χ4n) is 2.74. The molecule has 1 aliphatic rings. The molecule has 1 aromatic heterocycles. The summed E-state index contributed by atoms with van der Waals surface area (Å²) in [5, 5.41) is 10.1. The molecule has 0 unspecified atom stereocenters. The normalized spacial score (nSPS) is 18.3. The molecule has 1 saturated heterocycles. The van der Waals surface area contributed by atoms with Crippen LogP contribution in [0.2, 0.25) is 0 Å². The Balaban J connectivity index is 2.13. The van der Waals surface area contributed by atoms with Crippen molar-refractivity contribution >= 4 is 11.8 Å². The lowest BCUT2D eigenvalue weighted by atomic mass is 9.74. The van der Waals surface area contributed by atoms with Gasteiger partial charge in [-0.15, -0.1) is 0 Å². The van der Waals surface area contributed by atoms with Gasteiger partial charge < -0.3 is 9.84 Å². The summed E-state index contributed by atoms with van der Waals surface area (Å²) in [6.45, 7) is 7.72. The molecule has 0 spiro atoms. The molecule has 0 aliphatic carbocycles. The minimum absolute atomic E-state index is 0.0788. The van der Waals surface area contributed by atoms with E-state index < -0.39 is 0 Å². The van der Waals surface area contributed by atoms with Crippen LogP contribution >= 0.6 is 0 Å². The molecule has 1 fully saturated rings. The van der Waals surface area contributed by atoms with E-state index in [2.05, 4.69) is 22.7 Å². The van der Waals surface area contributed by atoms with Crippen LogP contribution < -0.4 is 10.6 Å². The number of aryl methyl sites for hydroxylation is 1. The van der Waals surface area contributed by atoms with E-state index in [0.717, 1.165) is 50.0 Å². The summed E-state index contributed by atoms with van der Waals surface area (Å²) in [5.74, 6) is 0.576. The molecule has 0 atom stereocenters. The van der Waals surface area contributed by atoms with E-state index in [-0.39, 0.29) is 11.3 Å². The van der Waals surface area contributed by atoms with E-state index in [9.17, 15) is 4.79 Å². The Hall–Kier alpha value is -1.36. The van der Waals surface area contributed by atoms with Crippen LogP contribution in [0.15, 0.2) is 4.52 Å². The molecule has 2 rings (SSSR count). The third kappa shape index (κ3) is 2.81. The molecule has 0 radical (unpaired) electrons. The van der Waals surface area contributed by atoms with Crippen molar-refractivity contribution in [3.63, 3.8) is 0 Å². The zero-order chi connectivity index (χ0) is 13.9. The summed E-state index contributed by atoms with van der Waals surface area (Å²) < 4.78 is 5.18. The van der Waals surface area contributed by atoms with Gasteiger partial charge in [0.25, 0.3) is 0 Å². The average Bonchev–Trinajstić information content (AvgIpc) is 2.72.